The molecule has 0 spiro atoms. The van der Waals surface area contributed by atoms with Crippen molar-refractivity contribution in [3.8, 4) is 11.5 Å². The van der Waals surface area contributed by atoms with E-state index in [0.717, 1.165) is 30.4 Å². The third-order valence-electron chi connectivity index (χ3n) is 9.64. The fraction of sp³-hybridized carbons (Fsp3) is 0.333. The van der Waals surface area contributed by atoms with Gasteiger partial charge >= 0.3 is 5.97 Å². The van der Waals surface area contributed by atoms with Gasteiger partial charge in [0.15, 0.2) is 0 Å². The highest BCUT2D eigenvalue weighted by Gasteiger charge is 2.57. The molecule has 2 atom stereocenters. The normalized spacial score (nSPS) is 24.1. The van der Waals surface area contributed by atoms with Gasteiger partial charge in [-0.25, -0.2) is 14.8 Å². The highest BCUT2D eigenvalue weighted by Crippen LogP contribution is 2.58. The Morgan fingerprint density at radius 2 is 1.49 bits per heavy atom. The number of amides is 1. The van der Waals surface area contributed by atoms with E-state index in [4.69, 9.17) is 32.7 Å². The van der Waals surface area contributed by atoms with Gasteiger partial charge in [-0.2, -0.15) is 0 Å². The lowest BCUT2D eigenvalue weighted by atomic mass is 9.52. The molecular weight excluding hydrogens is 641 g/mol. The zero-order valence-corrected chi connectivity index (χ0v) is 26.9. The molecule has 2 aromatic heterocycles. The van der Waals surface area contributed by atoms with Crippen LogP contribution in [0.5, 0.6) is 11.5 Å². The summed E-state index contributed by atoms with van der Waals surface area (Å²) >= 11 is 11.9. The van der Waals surface area contributed by atoms with Gasteiger partial charge in [-0.15, -0.1) is 0 Å². The number of pyridine rings is 2. The molecule has 9 nitrogen and oxygen atoms in total. The Kier molecular flexibility index (Phi) is 8.55. The Bertz CT molecular complexity index is 1790. The third kappa shape index (κ3) is 6.52. The minimum Gasteiger partial charge on any atom is -0.489 e. The Balaban J connectivity index is 1.28. The van der Waals surface area contributed by atoms with E-state index in [-0.39, 0.29) is 54.0 Å². The van der Waals surface area contributed by atoms with E-state index in [1.165, 1.54) is 6.07 Å². The molecule has 8 rings (SSSR count). The van der Waals surface area contributed by atoms with E-state index < -0.39 is 11.6 Å². The maximum atomic E-state index is 14.9. The SMILES string of the molecule is O=C(O)c1cccc(OCc2ccc(Cl)nc2)c1N(C(=O)c1cccc(OCc2ccc(Cl)nc2)c1)C1C2CC3CC1CC(O)(C3)C2. The lowest BCUT2D eigenvalue weighted by molar-refractivity contribution is -0.132. The van der Waals surface area contributed by atoms with E-state index in [1.807, 2.05) is 6.07 Å². The zero-order valence-electron chi connectivity index (χ0n) is 25.4. The molecule has 11 heteroatoms. The second-order valence-corrected chi connectivity index (χ2v) is 13.7. The minimum absolute atomic E-state index is 0.00204. The smallest absolute Gasteiger partial charge is 0.337 e. The average molecular weight is 675 g/mol. The van der Waals surface area contributed by atoms with Crippen LogP contribution in [0.3, 0.4) is 0 Å². The van der Waals surface area contributed by atoms with Gasteiger partial charge in [0.2, 0.25) is 0 Å². The fourth-order valence-corrected chi connectivity index (χ4v) is 8.22. The number of carbonyl (C=O) groups is 2. The summed E-state index contributed by atoms with van der Waals surface area (Å²) in [6.45, 7) is 0.308. The van der Waals surface area contributed by atoms with Crippen LogP contribution in [0, 0.1) is 17.8 Å². The van der Waals surface area contributed by atoms with Crippen molar-refractivity contribution in [3.63, 3.8) is 0 Å². The zero-order chi connectivity index (χ0) is 32.7. The maximum Gasteiger partial charge on any atom is 0.337 e. The molecule has 1 amide bonds. The van der Waals surface area contributed by atoms with Gasteiger partial charge in [0.25, 0.3) is 5.91 Å². The molecule has 0 saturated heterocycles. The number of hydrogen-bond acceptors (Lipinski definition) is 7. The summed E-state index contributed by atoms with van der Waals surface area (Å²) in [5, 5.41) is 22.6. The van der Waals surface area contributed by atoms with Gasteiger partial charge in [0.1, 0.15) is 40.7 Å². The Morgan fingerprint density at radius 1 is 0.851 bits per heavy atom. The summed E-state index contributed by atoms with van der Waals surface area (Å²) in [6, 6.07) is 18.3. The topological polar surface area (TPSA) is 122 Å². The number of para-hydroxylation sites is 1. The van der Waals surface area contributed by atoms with Crippen LogP contribution in [0.25, 0.3) is 0 Å². The first-order valence-corrected chi connectivity index (χ1v) is 16.4. The van der Waals surface area contributed by atoms with Crippen LogP contribution in [-0.2, 0) is 13.2 Å². The molecule has 47 heavy (non-hydrogen) atoms. The minimum atomic E-state index is -1.17. The standard InChI is InChI=1S/C36H33Cl2N3O6/c37-30-9-7-21(17-39-30)19-46-27-4-1-3-24(13-27)34(42)41(32-25-11-23-12-26(32)16-36(45,14-23)15-25)33-28(35(43)44)5-2-6-29(33)47-20-22-8-10-31(38)40-18-22/h1-10,13,17-18,23,25-26,32,45H,11-12,14-16,19-20H2,(H,43,44). The Morgan fingerprint density at radius 3 is 2.09 bits per heavy atom. The monoisotopic (exact) mass is 673 g/mol. The molecule has 4 aliphatic carbocycles. The average Bonchev–Trinajstić information content (AvgIpc) is 3.05. The number of aromatic carboxylic acids is 1. The van der Waals surface area contributed by atoms with Gasteiger partial charge in [0, 0.05) is 35.1 Å². The Labute approximate surface area is 282 Å². The van der Waals surface area contributed by atoms with Crippen LogP contribution in [0.2, 0.25) is 10.3 Å². The van der Waals surface area contributed by atoms with Crippen LogP contribution in [-0.4, -0.2) is 43.7 Å². The second kappa shape index (κ2) is 12.8. The van der Waals surface area contributed by atoms with Crippen molar-refractivity contribution >= 4 is 40.8 Å². The van der Waals surface area contributed by atoms with Crippen LogP contribution in [0.15, 0.2) is 79.1 Å². The number of aliphatic hydroxyl groups is 1. The van der Waals surface area contributed by atoms with E-state index in [9.17, 15) is 19.8 Å². The number of rotatable bonds is 10. The number of nitrogens with zero attached hydrogens (tertiary/aromatic N) is 3. The lowest BCUT2D eigenvalue weighted by Gasteiger charge is -2.60. The molecule has 4 bridgehead atoms. The molecule has 0 radical (unpaired) electrons. The number of aromatic nitrogens is 2. The highest BCUT2D eigenvalue weighted by atomic mass is 35.5. The first-order valence-electron chi connectivity index (χ1n) is 15.6. The van der Waals surface area contributed by atoms with E-state index >= 15 is 0 Å². The summed E-state index contributed by atoms with van der Waals surface area (Å²) < 4.78 is 12.3. The summed E-state index contributed by atoms with van der Waals surface area (Å²) in [4.78, 5) is 37.5. The number of anilines is 1. The number of ether oxygens (including phenoxy) is 2. The lowest BCUT2D eigenvalue weighted by Crippen LogP contribution is -2.63. The van der Waals surface area contributed by atoms with Crippen molar-refractivity contribution < 1.29 is 29.3 Å². The first kappa shape index (κ1) is 31.4. The number of benzene rings is 2. The van der Waals surface area contributed by atoms with Gasteiger partial charge in [-0.1, -0.05) is 47.5 Å². The largest absolute Gasteiger partial charge is 0.489 e. The Hall–Kier alpha value is -4.18. The van der Waals surface area contributed by atoms with Crippen molar-refractivity contribution in [2.45, 2.75) is 57.0 Å². The van der Waals surface area contributed by atoms with Crippen molar-refractivity contribution in [2.75, 3.05) is 4.90 Å². The van der Waals surface area contributed by atoms with Gasteiger partial charge in [-0.3, -0.25) is 4.79 Å². The number of halogens is 2. The summed E-state index contributed by atoms with van der Waals surface area (Å²) in [5.74, 6) is -0.406. The van der Waals surface area contributed by atoms with Gasteiger partial charge < -0.3 is 24.6 Å². The van der Waals surface area contributed by atoms with Crippen molar-refractivity contribution in [1.82, 2.24) is 9.97 Å². The summed E-state index contributed by atoms with van der Waals surface area (Å²) in [7, 11) is 0. The molecule has 2 N–H and O–H groups in total. The fourth-order valence-electron chi connectivity index (χ4n) is 7.99. The van der Waals surface area contributed by atoms with Crippen LogP contribution >= 0.6 is 23.2 Å². The van der Waals surface area contributed by atoms with Crippen LogP contribution in [0.4, 0.5) is 5.69 Å². The van der Waals surface area contributed by atoms with Crippen molar-refractivity contribution in [1.29, 1.82) is 0 Å². The van der Waals surface area contributed by atoms with E-state index in [0.29, 0.717) is 40.4 Å². The molecule has 242 valence electrons. The van der Waals surface area contributed by atoms with E-state index in [1.54, 1.807) is 71.9 Å². The van der Waals surface area contributed by atoms with Crippen LogP contribution in [0.1, 0.15) is 63.9 Å². The summed E-state index contributed by atoms with van der Waals surface area (Å²) in [6.07, 6.45) is 6.86. The van der Waals surface area contributed by atoms with Crippen LogP contribution < -0.4 is 14.4 Å². The molecule has 4 saturated carbocycles. The molecule has 4 fully saturated rings. The molecule has 4 aliphatic rings. The van der Waals surface area contributed by atoms with Gasteiger partial charge in [-0.05, 0) is 92.3 Å². The predicted molar refractivity (Wildman–Crippen MR) is 176 cm³/mol. The second-order valence-electron chi connectivity index (χ2n) is 12.9. The van der Waals surface area contributed by atoms with Gasteiger partial charge in [0.05, 0.1) is 11.2 Å². The molecule has 0 aliphatic heterocycles. The number of hydrogen-bond donors (Lipinski definition) is 2. The van der Waals surface area contributed by atoms with E-state index in [2.05, 4.69) is 9.97 Å². The van der Waals surface area contributed by atoms with Crippen molar-refractivity contribution in [3.05, 3.63) is 112 Å². The summed E-state index contributed by atoms with van der Waals surface area (Å²) in [5.41, 5.74) is 1.30. The van der Waals surface area contributed by atoms with Crippen molar-refractivity contribution in [2.24, 2.45) is 17.8 Å². The number of carboxylic acids is 1. The first-order chi connectivity index (χ1) is 22.7. The maximum absolute atomic E-state index is 14.9. The number of carboxylic acid groups (broad SMARTS) is 1. The molecule has 2 heterocycles. The molecule has 4 aromatic rings. The predicted octanol–water partition coefficient (Wildman–Crippen LogP) is 7.23. The number of carbonyl (C=O) groups excluding carboxylic acids is 1. The molecular formula is C36H33Cl2N3O6. The highest BCUT2D eigenvalue weighted by molar-refractivity contribution is 6.29. The molecule has 2 aromatic carbocycles. The third-order valence-corrected chi connectivity index (χ3v) is 10.1. The quantitative estimate of drug-likeness (QED) is 0.169. The molecule has 2 unspecified atom stereocenters.